The van der Waals surface area contributed by atoms with Crippen molar-refractivity contribution in [2.24, 2.45) is 0 Å². The summed E-state index contributed by atoms with van der Waals surface area (Å²) in [7, 11) is 3.40. The number of nitrogens with one attached hydrogen (secondary N) is 1. The molecule has 0 bridgehead atoms. The molecule has 3 heteroatoms. The van der Waals surface area contributed by atoms with E-state index in [0.29, 0.717) is 6.04 Å². The van der Waals surface area contributed by atoms with E-state index in [1.165, 1.54) is 24.8 Å². The number of hydrogen-bond donors (Lipinski definition) is 1. The smallest absolute Gasteiger partial charge is 0.165 e. The van der Waals surface area contributed by atoms with Crippen LogP contribution < -0.4 is 14.8 Å². The van der Waals surface area contributed by atoms with Crippen LogP contribution in [0.2, 0.25) is 0 Å². The molecular formula is C17H29NO2. The van der Waals surface area contributed by atoms with Gasteiger partial charge in [0.25, 0.3) is 0 Å². The number of rotatable bonds is 10. The maximum Gasteiger partial charge on any atom is 0.165 e. The first-order valence-electron chi connectivity index (χ1n) is 7.72. The van der Waals surface area contributed by atoms with Gasteiger partial charge < -0.3 is 14.8 Å². The zero-order valence-corrected chi connectivity index (χ0v) is 13.4. The van der Waals surface area contributed by atoms with Crippen LogP contribution >= 0.6 is 0 Å². The fraction of sp³-hybridized carbons (Fsp3) is 0.647. The van der Waals surface area contributed by atoms with Gasteiger partial charge >= 0.3 is 0 Å². The first-order chi connectivity index (χ1) is 9.78. The van der Waals surface area contributed by atoms with E-state index in [4.69, 9.17) is 9.47 Å². The van der Waals surface area contributed by atoms with E-state index in [1.807, 2.05) is 12.1 Å². The molecule has 0 heterocycles. The molecule has 0 fully saturated rings. The fourth-order valence-corrected chi connectivity index (χ4v) is 2.47. The molecule has 0 aliphatic heterocycles. The lowest BCUT2D eigenvalue weighted by Crippen LogP contribution is -2.22. The van der Waals surface area contributed by atoms with Gasteiger partial charge in [0, 0.05) is 11.6 Å². The molecule has 0 spiro atoms. The normalized spacial score (nSPS) is 12.2. The predicted octanol–water partition coefficient (Wildman–Crippen LogP) is 4.32. The zero-order valence-electron chi connectivity index (χ0n) is 13.4. The highest BCUT2D eigenvalue weighted by Crippen LogP contribution is 2.36. The Kier molecular flexibility index (Phi) is 8.12. The molecule has 0 aromatic heterocycles. The van der Waals surface area contributed by atoms with Crippen molar-refractivity contribution >= 4 is 0 Å². The van der Waals surface area contributed by atoms with Crippen molar-refractivity contribution in [2.45, 2.75) is 52.0 Å². The lowest BCUT2D eigenvalue weighted by molar-refractivity contribution is 0.344. The van der Waals surface area contributed by atoms with Crippen molar-refractivity contribution in [3.8, 4) is 11.5 Å². The summed E-state index contributed by atoms with van der Waals surface area (Å²) in [6.07, 6.45) is 6.03. The summed E-state index contributed by atoms with van der Waals surface area (Å²) in [6, 6.07) is 6.47. The molecule has 1 atom stereocenters. The van der Waals surface area contributed by atoms with Crippen LogP contribution in [0.15, 0.2) is 18.2 Å². The van der Waals surface area contributed by atoms with Crippen LogP contribution in [0.1, 0.15) is 57.6 Å². The Morgan fingerprint density at radius 2 is 1.85 bits per heavy atom. The van der Waals surface area contributed by atoms with Gasteiger partial charge in [0.2, 0.25) is 0 Å². The van der Waals surface area contributed by atoms with Crippen LogP contribution in [0.5, 0.6) is 11.5 Å². The third-order valence-electron chi connectivity index (χ3n) is 3.55. The SMILES string of the molecule is CCCCCC(NCCC)c1cccc(OC)c1OC. The first-order valence-corrected chi connectivity index (χ1v) is 7.72. The minimum atomic E-state index is 0.339. The van der Waals surface area contributed by atoms with Crippen LogP contribution in [0.25, 0.3) is 0 Å². The van der Waals surface area contributed by atoms with E-state index in [0.717, 1.165) is 30.9 Å². The van der Waals surface area contributed by atoms with E-state index in [-0.39, 0.29) is 0 Å². The highest BCUT2D eigenvalue weighted by Gasteiger charge is 2.18. The van der Waals surface area contributed by atoms with E-state index in [9.17, 15) is 0 Å². The van der Waals surface area contributed by atoms with Crippen LogP contribution in [0, 0.1) is 0 Å². The molecule has 0 amide bonds. The highest BCUT2D eigenvalue weighted by atomic mass is 16.5. The van der Waals surface area contributed by atoms with Gasteiger partial charge in [0.1, 0.15) is 0 Å². The molecule has 3 nitrogen and oxygen atoms in total. The Morgan fingerprint density at radius 1 is 1.05 bits per heavy atom. The Balaban J connectivity index is 2.92. The summed E-state index contributed by atoms with van der Waals surface area (Å²) in [5.41, 5.74) is 1.21. The molecule has 1 rings (SSSR count). The lowest BCUT2D eigenvalue weighted by Gasteiger charge is -2.22. The van der Waals surface area contributed by atoms with Gasteiger partial charge in [-0.25, -0.2) is 0 Å². The van der Waals surface area contributed by atoms with Crippen molar-refractivity contribution in [3.63, 3.8) is 0 Å². The second-order valence-corrected chi connectivity index (χ2v) is 5.09. The van der Waals surface area contributed by atoms with Crippen molar-refractivity contribution in [3.05, 3.63) is 23.8 Å². The van der Waals surface area contributed by atoms with Gasteiger partial charge in [-0.15, -0.1) is 0 Å². The summed E-state index contributed by atoms with van der Waals surface area (Å²) in [5.74, 6) is 1.67. The summed E-state index contributed by atoms with van der Waals surface area (Å²) in [5, 5.41) is 3.64. The quantitative estimate of drug-likeness (QED) is 0.647. The van der Waals surface area contributed by atoms with Gasteiger partial charge in [-0.2, -0.15) is 0 Å². The standard InChI is InChI=1S/C17H29NO2/c1-5-7-8-11-15(18-13-6-2)14-10-9-12-16(19-3)17(14)20-4/h9-10,12,15,18H,5-8,11,13H2,1-4H3. The molecule has 20 heavy (non-hydrogen) atoms. The lowest BCUT2D eigenvalue weighted by atomic mass is 9.99. The topological polar surface area (TPSA) is 30.5 Å². The fourth-order valence-electron chi connectivity index (χ4n) is 2.47. The van der Waals surface area contributed by atoms with Gasteiger partial charge in [0.05, 0.1) is 14.2 Å². The molecule has 1 aromatic carbocycles. The van der Waals surface area contributed by atoms with Crippen LogP contribution in [0.3, 0.4) is 0 Å². The van der Waals surface area contributed by atoms with Crippen LogP contribution in [0.4, 0.5) is 0 Å². The van der Waals surface area contributed by atoms with E-state index in [2.05, 4.69) is 25.2 Å². The number of benzene rings is 1. The maximum absolute atomic E-state index is 5.57. The number of ether oxygens (including phenoxy) is 2. The van der Waals surface area contributed by atoms with E-state index >= 15 is 0 Å². The number of unbranched alkanes of at least 4 members (excludes halogenated alkanes) is 2. The maximum atomic E-state index is 5.57. The van der Waals surface area contributed by atoms with Gasteiger partial charge in [-0.3, -0.25) is 0 Å². The molecular weight excluding hydrogens is 250 g/mol. The van der Waals surface area contributed by atoms with E-state index < -0.39 is 0 Å². The third kappa shape index (κ3) is 4.71. The Hall–Kier alpha value is -1.22. The van der Waals surface area contributed by atoms with Crippen LogP contribution in [-0.2, 0) is 0 Å². The second kappa shape index (κ2) is 9.65. The molecule has 0 radical (unpaired) electrons. The molecule has 114 valence electrons. The van der Waals surface area contributed by atoms with Crippen molar-refractivity contribution < 1.29 is 9.47 Å². The summed E-state index contributed by atoms with van der Waals surface area (Å²) in [4.78, 5) is 0. The monoisotopic (exact) mass is 279 g/mol. The Morgan fingerprint density at radius 3 is 2.45 bits per heavy atom. The predicted molar refractivity (Wildman–Crippen MR) is 84.7 cm³/mol. The molecule has 0 aliphatic carbocycles. The first kappa shape index (κ1) is 16.8. The van der Waals surface area contributed by atoms with Crippen molar-refractivity contribution in [2.75, 3.05) is 20.8 Å². The molecule has 0 aliphatic rings. The largest absolute Gasteiger partial charge is 0.493 e. The average molecular weight is 279 g/mol. The highest BCUT2D eigenvalue weighted by molar-refractivity contribution is 5.48. The van der Waals surface area contributed by atoms with Gasteiger partial charge in [-0.05, 0) is 25.5 Å². The third-order valence-corrected chi connectivity index (χ3v) is 3.55. The van der Waals surface area contributed by atoms with E-state index in [1.54, 1.807) is 14.2 Å². The minimum absolute atomic E-state index is 0.339. The number of methoxy groups -OCH3 is 2. The van der Waals surface area contributed by atoms with Gasteiger partial charge in [0.15, 0.2) is 11.5 Å². The summed E-state index contributed by atoms with van der Waals surface area (Å²) in [6.45, 7) is 5.46. The number of para-hydroxylation sites is 1. The van der Waals surface area contributed by atoms with Crippen molar-refractivity contribution in [1.82, 2.24) is 5.32 Å². The Bertz CT molecular complexity index is 379. The zero-order chi connectivity index (χ0) is 14.8. The van der Waals surface area contributed by atoms with Gasteiger partial charge in [-0.1, -0.05) is 45.2 Å². The van der Waals surface area contributed by atoms with Crippen molar-refractivity contribution in [1.29, 1.82) is 0 Å². The second-order valence-electron chi connectivity index (χ2n) is 5.09. The molecule has 0 saturated carbocycles. The molecule has 1 N–H and O–H groups in total. The molecule has 1 unspecified atom stereocenters. The minimum Gasteiger partial charge on any atom is -0.493 e. The summed E-state index contributed by atoms with van der Waals surface area (Å²) < 4.78 is 11.0. The summed E-state index contributed by atoms with van der Waals surface area (Å²) >= 11 is 0. The van der Waals surface area contributed by atoms with Crippen LogP contribution in [-0.4, -0.2) is 20.8 Å². The molecule has 1 aromatic rings. The average Bonchev–Trinajstić information content (AvgIpc) is 2.49. The number of hydrogen-bond acceptors (Lipinski definition) is 3. The Labute approximate surface area is 123 Å². The molecule has 0 saturated heterocycles.